The van der Waals surface area contributed by atoms with E-state index in [0.717, 1.165) is 55.3 Å². The number of benzene rings is 3. The van der Waals surface area contributed by atoms with Gasteiger partial charge in [0.25, 0.3) is 0 Å². The molecule has 0 saturated carbocycles. The molecule has 5 rings (SSSR count). The van der Waals surface area contributed by atoms with Crippen molar-refractivity contribution in [2.24, 2.45) is 0 Å². The average Bonchev–Trinajstić information content (AvgIpc) is 2.92. The third-order valence-corrected chi connectivity index (χ3v) is 7.36. The molecule has 6 heteroatoms. The van der Waals surface area contributed by atoms with Crippen molar-refractivity contribution in [3.8, 4) is 0 Å². The molecule has 1 aliphatic rings. The molecule has 3 aromatic carbocycles. The highest BCUT2D eigenvalue weighted by atomic mass is 19.1. The lowest BCUT2D eigenvalue weighted by Gasteiger charge is -2.32. The predicted octanol–water partition coefficient (Wildman–Crippen LogP) is 6.22. The molecule has 1 aromatic heterocycles. The average molecular weight is 516 g/mol. The zero-order valence-electron chi connectivity index (χ0n) is 22.2. The SMILES string of the molecule is CN(C)CCC(Cc1c(Cc2ccccc2)c(N2CCOCC2)nc2ccccc12)c1cc(F)cc(F)c1. The largest absolute Gasteiger partial charge is 0.378 e. The van der Waals surface area contributed by atoms with Gasteiger partial charge in [-0.25, -0.2) is 13.8 Å². The number of hydrogen-bond donors (Lipinski definition) is 0. The van der Waals surface area contributed by atoms with Crippen LogP contribution in [0.1, 0.15) is 34.6 Å². The van der Waals surface area contributed by atoms with Crippen LogP contribution in [0, 0.1) is 11.6 Å². The van der Waals surface area contributed by atoms with Gasteiger partial charge in [-0.1, -0.05) is 48.5 Å². The first kappa shape index (κ1) is 26.3. The van der Waals surface area contributed by atoms with Gasteiger partial charge in [-0.3, -0.25) is 0 Å². The minimum atomic E-state index is -0.534. The van der Waals surface area contributed by atoms with Crippen molar-refractivity contribution in [2.75, 3.05) is 51.8 Å². The van der Waals surface area contributed by atoms with Gasteiger partial charge in [-0.15, -0.1) is 0 Å². The van der Waals surface area contributed by atoms with Gasteiger partial charge in [0.15, 0.2) is 0 Å². The van der Waals surface area contributed by atoms with Crippen molar-refractivity contribution < 1.29 is 13.5 Å². The number of halogens is 2. The van der Waals surface area contributed by atoms with E-state index >= 15 is 0 Å². The van der Waals surface area contributed by atoms with E-state index in [9.17, 15) is 8.78 Å². The summed E-state index contributed by atoms with van der Waals surface area (Å²) < 4.78 is 34.4. The van der Waals surface area contributed by atoms with Crippen molar-refractivity contribution in [1.29, 1.82) is 0 Å². The molecule has 1 aliphatic heterocycles. The lowest BCUT2D eigenvalue weighted by atomic mass is 9.84. The zero-order valence-corrected chi connectivity index (χ0v) is 22.2. The first-order chi connectivity index (χ1) is 18.5. The monoisotopic (exact) mass is 515 g/mol. The quantitative estimate of drug-likeness (QED) is 0.265. The highest BCUT2D eigenvalue weighted by Crippen LogP contribution is 2.36. The fourth-order valence-electron chi connectivity index (χ4n) is 5.42. The molecule has 0 N–H and O–H groups in total. The molecular formula is C32H35F2N3O. The summed E-state index contributed by atoms with van der Waals surface area (Å²) in [6.45, 7) is 3.72. The number of rotatable bonds is 9. The standard InChI is InChI=1S/C32H35F2N3O/c1-36(2)13-12-24(25-19-26(33)22-27(34)20-25)21-29-28-10-6-7-11-31(28)35-32(37-14-16-38-17-15-37)30(29)18-23-8-4-3-5-9-23/h3-11,19-20,22,24H,12-18,21H2,1-2H3. The maximum Gasteiger partial charge on any atom is 0.133 e. The second-order valence-corrected chi connectivity index (χ2v) is 10.4. The number of morpholine rings is 1. The van der Waals surface area contributed by atoms with E-state index in [1.54, 1.807) is 0 Å². The maximum absolute atomic E-state index is 14.4. The molecule has 0 radical (unpaired) electrons. The highest BCUT2D eigenvalue weighted by molar-refractivity contribution is 5.86. The number of hydrogen-bond acceptors (Lipinski definition) is 4. The van der Waals surface area contributed by atoms with Crippen molar-refractivity contribution in [1.82, 2.24) is 9.88 Å². The zero-order chi connectivity index (χ0) is 26.5. The minimum Gasteiger partial charge on any atom is -0.378 e. The minimum absolute atomic E-state index is 0.0551. The predicted molar refractivity (Wildman–Crippen MR) is 150 cm³/mol. The summed E-state index contributed by atoms with van der Waals surface area (Å²) in [7, 11) is 4.06. The lowest BCUT2D eigenvalue weighted by molar-refractivity contribution is 0.122. The molecule has 0 amide bonds. The summed E-state index contributed by atoms with van der Waals surface area (Å²) >= 11 is 0. The van der Waals surface area contributed by atoms with Crippen molar-refractivity contribution >= 4 is 16.7 Å². The van der Waals surface area contributed by atoms with Crippen molar-refractivity contribution in [3.05, 3.63) is 107 Å². The van der Waals surface area contributed by atoms with Gasteiger partial charge < -0.3 is 14.5 Å². The van der Waals surface area contributed by atoms with Crippen molar-refractivity contribution in [3.63, 3.8) is 0 Å². The van der Waals surface area contributed by atoms with Crippen LogP contribution in [0.4, 0.5) is 14.6 Å². The summed E-state index contributed by atoms with van der Waals surface area (Å²) in [6.07, 6.45) is 2.18. The summed E-state index contributed by atoms with van der Waals surface area (Å²) in [4.78, 5) is 9.63. The van der Waals surface area contributed by atoms with Gasteiger partial charge >= 0.3 is 0 Å². The topological polar surface area (TPSA) is 28.6 Å². The van der Waals surface area contributed by atoms with E-state index < -0.39 is 11.6 Å². The van der Waals surface area contributed by atoms with Crippen LogP contribution >= 0.6 is 0 Å². The number of para-hydroxylation sites is 1. The molecule has 4 aromatic rings. The Morgan fingerprint density at radius 3 is 2.29 bits per heavy atom. The Morgan fingerprint density at radius 1 is 0.895 bits per heavy atom. The van der Waals surface area contributed by atoms with Crippen LogP contribution in [-0.4, -0.2) is 56.8 Å². The summed E-state index contributed by atoms with van der Waals surface area (Å²) in [5.41, 5.74) is 5.24. The number of aromatic nitrogens is 1. The molecule has 1 fully saturated rings. The number of pyridine rings is 1. The molecule has 38 heavy (non-hydrogen) atoms. The molecule has 1 saturated heterocycles. The Kier molecular flexibility index (Phi) is 8.30. The Labute approximate surface area is 223 Å². The molecule has 198 valence electrons. The van der Waals surface area contributed by atoms with Crippen LogP contribution in [0.2, 0.25) is 0 Å². The molecule has 0 spiro atoms. The van der Waals surface area contributed by atoms with Crippen LogP contribution in [0.15, 0.2) is 72.8 Å². The van der Waals surface area contributed by atoms with E-state index in [1.165, 1.54) is 28.8 Å². The number of ether oxygens (including phenoxy) is 1. The van der Waals surface area contributed by atoms with Crippen molar-refractivity contribution in [2.45, 2.75) is 25.2 Å². The van der Waals surface area contributed by atoms with Gasteiger partial charge in [0, 0.05) is 36.5 Å². The molecule has 1 unspecified atom stereocenters. The van der Waals surface area contributed by atoms with E-state index in [0.29, 0.717) is 25.2 Å². The van der Waals surface area contributed by atoms with E-state index in [1.807, 2.05) is 32.3 Å². The van der Waals surface area contributed by atoms with Crippen LogP contribution in [0.5, 0.6) is 0 Å². The second-order valence-electron chi connectivity index (χ2n) is 10.4. The molecule has 0 bridgehead atoms. The van der Waals surface area contributed by atoms with Gasteiger partial charge in [0.05, 0.1) is 18.7 Å². The van der Waals surface area contributed by atoms with Crippen LogP contribution in [0.3, 0.4) is 0 Å². The Morgan fingerprint density at radius 2 is 1.58 bits per heavy atom. The van der Waals surface area contributed by atoms with E-state index in [4.69, 9.17) is 9.72 Å². The third-order valence-electron chi connectivity index (χ3n) is 7.36. The summed E-state index contributed by atoms with van der Waals surface area (Å²) in [5.74, 6) is -0.135. The molecular weight excluding hydrogens is 480 g/mol. The fraction of sp³-hybridized carbons (Fsp3) is 0.344. The number of nitrogens with zero attached hydrogens (tertiary/aromatic N) is 3. The Balaban J connectivity index is 1.67. The van der Waals surface area contributed by atoms with Gasteiger partial charge in [0.1, 0.15) is 17.5 Å². The van der Waals surface area contributed by atoms with Crippen LogP contribution < -0.4 is 4.90 Å². The fourth-order valence-corrected chi connectivity index (χ4v) is 5.42. The van der Waals surface area contributed by atoms with E-state index in [2.05, 4.69) is 46.2 Å². The van der Waals surface area contributed by atoms with Crippen LogP contribution in [0.25, 0.3) is 10.9 Å². The maximum atomic E-state index is 14.4. The number of anilines is 1. The second kappa shape index (κ2) is 12.0. The lowest BCUT2D eigenvalue weighted by Crippen LogP contribution is -2.37. The Bertz CT molecular complexity index is 1350. The first-order valence-electron chi connectivity index (χ1n) is 13.4. The Hall–Kier alpha value is -3.35. The molecule has 1 atom stereocenters. The van der Waals surface area contributed by atoms with Crippen LogP contribution in [-0.2, 0) is 17.6 Å². The third kappa shape index (κ3) is 6.20. The molecule has 2 heterocycles. The summed E-state index contributed by atoms with van der Waals surface area (Å²) in [6, 6.07) is 22.6. The van der Waals surface area contributed by atoms with Gasteiger partial charge in [-0.2, -0.15) is 0 Å². The normalized spacial score (nSPS) is 14.8. The van der Waals surface area contributed by atoms with E-state index in [-0.39, 0.29) is 5.92 Å². The molecule has 0 aliphatic carbocycles. The highest BCUT2D eigenvalue weighted by Gasteiger charge is 2.25. The molecule has 4 nitrogen and oxygen atoms in total. The number of fused-ring (bicyclic) bond motifs is 1. The van der Waals surface area contributed by atoms with Gasteiger partial charge in [-0.05, 0) is 74.3 Å². The first-order valence-corrected chi connectivity index (χ1v) is 13.4. The summed E-state index contributed by atoms with van der Waals surface area (Å²) in [5, 5.41) is 1.10. The smallest absolute Gasteiger partial charge is 0.133 e. The van der Waals surface area contributed by atoms with Gasteiger partial charge in [0.2, 0.25) is 0 Å².